The smallest absolute Gasteiger partial charge is 0.344 e. The van der Waals surface area contributed by atoms with Crippen molar-refractivity contribution in [3.05, 3.63) is 53.1 Å². The summed E-state index contributed by atoms with van der Waals surface area (Å²) in [6.45, 7) is 5.71. The zero-order chi connectivity index (χ0) is 23.0. The fourth-order valence-corrected chi connectivity index (χ4v) is 4.72. The third-order valence-electron chi connectivity index (χ3n) is 4.27. The van der Waals surface area contributed by atoms with Crippen molar-refractivity contribution < 1.29 is 27.5 Å². The molecule has 31 heavy (non-hydrogen) atoms. The van der Waals surface area contributed by atoms with Crippen LogP contribution < -0.4 is 10.1 Å². The number of esters is 1. The van der Waals surface area contributed by atoms with Gasteiger partial charge in [0, 0.05) is 30.4 Å². The van der Waals surface area contributed by atoms with Gasteiger partial charge in [0.05, 0.1) is 11.6 Å². The molecule has 0 unspecified atom stereocenters. The molecule has 0 atom stereocenters. The summed E-state index contributed by atoms with van der Waals surface area (Å²) in [5.74, 6) is -0.651. The van der Waals surface area contributed by atoms with Crippen molar-refractivity contribution in [2.75, 3.05) is 31.6 Å². The highest BCUT2D eigenvalue weighted by atomic mass is 35.5. The molecule has 8 nitrogen and oxygen atoms in total. The van der Waals surface area contributed by atoms with Gasteiger partial charge in [-0.3, -0.25) is 4.79 Å². The largest absolute Gasteiger partial charge is 0.482 e. The summed E-state index contributed by atoms with van der Waals surface area (Å²) in [7, 11) is -3.83. The number of sulfonamides is 1. The number of hydrogen-bond acceptors (Lipinski definition) is 6. The van der Waals surface area contributed by atoms with E-state index in [4.69, 9.17) is 21.1 Å². The van der Waals surface area contributed by atoms with E-state index in [0.717, 1.165) is 0 Å². The normalized spacial score (nSPS) is 11.3. The van der Waals surface area contributed by atoms with Crippen LogP contribution in [-0.4, -0.2) is 50.9 Å². The van der Waals surface area contributed by atoms with E-state index in [1.165, 1.54) is 22.5 Å². The molecule has 1 amide bonds. The molecular formula is C21H25ClN2O6S. The van der Waals surface area contributed by atoms with Crippen LogP contribution in [0.15, 0.2) is 47.4 Å². The summed E-state index contributed by atoms with van der Waals surface area (Å²) in [5.41, 5.74) is 0.544. The molecular weight excluding hydrogens is 444 g/mol. The van der Waals surface area contributed by atoms with Crippen LogP contribution in [-0.2, 0) is 19.6 Å². The second kappa shape index (κ2) is 11.1. The molecule has 0 spiro atoms. The Morgan fingerprint density at radius 1 is 1.06 bits per heavy atom. The van der Waals surface area contributed by atoms with E-state index in [9.17, 15) is 18.0 Å². The van der Waals surface area contributed by atoms with Crippen molar-refractivity contribution >= 4 is 39.2 Å². The molecule has 0 aliphatic rings. The fraction of sp³-hybridized carbons (Fsp3) is 0.333. The van der Waals surface area contributed by atoms with Crippen molar-refractivity contribution in [3.63, 3.8) is 0 Å². The van der Waals surface area contributed by atoms with E-state index in [1.807, 2.05) is 0 Å². The number of hydrogen-bond donors (Lipinski definition) is 1. The van der Waals surface area contributed by atoms with E-state index in [0.29, 0.717) is 11.4 Å². The summed E-state index contributed by atoms with van der Waals surface area (Å²) in [4.78, 5) is 24.0. The molecule has 0 heterocycles. The van der Waals surface area contributed by atoms with Crippen molar-refractivity contribution in [2.45, 2.75) is 25.7 Å². The molecule has 1 N–H and O–H groups in total. The summed E-state index contributed by atoms with van der Waals surface area (Å²) in [6, 6.07) is 10.5. The maximum Gasteiger partial charge on any atom is 0.344 e. The number of halogens is 1. The van der Waals surface area contributed by atoms with Crippen molar-refractivity contribution in [3.8, 4) is 5.75 Å². The highest BCUT2D eigenvalue weighted by Crippen LogP contribution is 2.26. The Balaban J connectivity index is 2.20. The molecule has 2 aromatic carbocycles. The molecule has 0 fully saturated rings. The van der Waals surface area contributed by atoms with E-state index in [1.54, 1.807) is 45.0 Å². The number of benzene rings is 2. The van der Waals surface area contributed by atoms with Crippen LogP contribution in [0, 0.1) is 0 Å². The quantitative estimate of drug-likeness (QED) is 0.535. The first-order valence-corrected chi connectivity index (χ1v) is 11.5. The molecule has 0 saturated heterocycles. The van der Waals surface area contributed by atoms with Gasteiger partial charge < -0.3 is 14.8 Å². The molecule has 0 aliphatic heterocycles. The average Bonchev–Trinajstić information content (AvgIpc) is 2.73. The van der Waals surface area contributed by atoms with Gasteiger partial charge in [-0.25, -0.2) is 13.2 Å². The highest BCUT2D eigenvalue weighted by Gasteiger charge is 2.25. The second-order valence-corrected chi connectivity index (χ2v) is 8.62. The van der Waals surface area contributed by atoms with Crippen LogP contribution in [0.4, 0.5) is 5.69 Å². The first-order valence-electron chi connectivity index (χ1n) is 9.72. The van der Waals surface area contributed by atoms with Gasteiger partial charge >= 0.3 is 5.97 Å². The van der Waals surface area contributed by atoms with Gasteiger partial charge in [0.2, 0.25) is 10.0 Å². The Bertz CT molecular complexity index is 1040. The molecule has 2 aromatic rings. The predicted molar refractivity (Wildman–Crippen MR) is 118 cm³/mol. The minimum absolute atomic E-state index is 0.0396. The van der Waals surface area contributed by atoms with Crippen LogP contribution in [0.2, 0.25) is 5.02 Å². The topological polar surface area (TPSA) is 102 Å². The number of ether oxygens (including phenoxy) is 2. The lowest BCUT2D eigenvalue weighted by molar-refractivity contribution is -0.145. The summed E-state index contributed by atoms with van der Waals surface area (Å²) >= 11 is 6.12. The first-order chi connectivity index (χ1) is 14.7. The maximum atomic E-state index is 12.8. The van der Waals surface area contributed by atoms with Crippen LogP contribution in [0.5, 0.6) is 5.75 Å². The fourth-order valence-electron chi connectivity index (χ4n) is 2.76. The van der Waals surface area contributed by atoms with Gasteiger partial charge in [-0.2, -0.15) is 4.31 Å². The number of nitrogens with one attached hydrogen (secondary N) is 1. The van der Waals surface area contributed by atoms with Crippen molar-refractivity contribution in [1.29, 1.82) is 0 Å². The molecule has 0 radical (unpaired) electrons. The van der Waals surface area contributed by atoms with Gasteiger partial charge in [-0.15, -0.1) is 0 Å². The van der Waals surface area contributed by atoms with Crippen LogP contribution >= 0.6 is 11.6 Å². The number of rotatable bonds is 10. The lowest BCUT2D eigenvalue weighted by Gasteiger charge is -2.19. The number of nitrogens with zero attached hydrogens (tertiary/aromatic N) is 1. The zero-order valence-electron chi connectivity index (χ0n) is 17.6. The molecule has 168 valence electrons. The Kier molecular flexibility index (Phi) is 8.85. The van der Waals surface area contributed by atoms with E-state index in [-0.39, 0.29) is 41.8 Å². The first kappa shape index (κ1) is 24.6. The van der Waals surface area contributed by atoms with E-state index in [2.05, 4.69) is 5.32 Å². The second-order valence-electron chi connectivity index (χ2n) is 6.31. The third kappa shape index (κ3) is 6.43. The Morgan fingerprint density at radius 3 is 2.42 bits per heavy atom. The number of carbonyl (C=O) groups is 2. The Hall–Kier alpha value is -2.62. The maximum absolute atomic E-state index is 12.8. The predicted octanol–water partition coefficient (Wildman–Crippen LogP) is 3.56. The van der Waals surface area contributed by atoms with E-state index < -0.39 is 21.9 Å². The lowest BCUT2D eigenvalue weighted by Crippen LogP contribution is -2.31. The standard InChI is InChI=1S/C21H25ClN2O6S/c1-4-24(5-2)31(27,28)19-12-15(10-11-18(19)22)21(26)23-16-8-7-9-17(13-16)30-14-20(25)29-6-3/h7-13H,4-6,14H2,1-3H3,(H,23,26). The van der Waals surface area contributed by atoms with Gasteiger partial charge in [-0.05, 0) is 37.3 Å². The van der Waals surface area contributed by atoms with Crippen molar-refractivity contribution in [2.24, 2.45) is 0 Å². The summed E-state index contributed by atoms with van der Waals surface area (Å²) in [5, 5.41) is 2.72. The summed E-state index contributed by atoms with van der Waals surface area (Å²) < 4.78 is 37.1. The molecule has 2 rings (SSSR count). The molecule has 0 aromatic heterocycles. The van der Waals surface area contributed by atoms with Crippen LogP contribution in [0.1, 0.15) is 31.1 Å². The molecule has 0 saturated carbocycles. The number of carbonyl (C=O) groups excluding carboxylic acids is 2. The SMILES string of the molecule is CCOC(=O)COc1cccc(NC(=O)c2ccc(Cl)c(S(=O)(=O)N(CC)CC)c2)c1. The monoisotopic (exact) mass is 468 g/mol. The molecule has 0 aliphatic carbocycles. The van der Waals surface area contributed by atoms with Crippen molar-refractivity contribution in [1.82, 2.24) is 4.31 Å². The van der Waals surface area contributed by atoms with Gasteiger partial charge in [0.1, 0.15) is 10.6 Å². The highest BCUT2D eigenvalue weighted by molar-refractivity contribution is 7.89. The Labute approximate surface area is 187 Å². The van der Waals surface area contributed by atoms with Gasteiger partial charge in [-0.1, -0.05) is 31.5 Å². The van der Waals surface area contributed by atoms with E-state index >= 15 is 0 Å². The minimum Gasteiger partial charge on any atom is -0.482 e. The molecule has 0 bridgehead atoms. The Morgan fingerprint density at radius 2 is 1.77 bits per heavy atom. The average molecular weight is 469 g/mol. The van der Waals surface area contributed by atoms with Gasteiger partial charge in [0.25, 0.3) is 5.91 Å². The number of amides is 1. The van der Waals surface area contributed by atoms with Gasteiger partial charge in [0.15, 0.2) is 6.61 Å². The zero-order valence-corrected chi connectivity index (χ0v) is 19.1. The third-order valence-corrected chi connectivity index (χ3v) is 6.80. The van der Waals surface area contributed by atoms with Crippen LogP contribution in [0.3, 0.4) is 0 Å². The molecule has 10 heteroatoms. The van der Waals surface area contributed by atoms with Crippen LogP contribution in [0.25, 0.3) is 0 Å². The number of anilines is 1. The summed E-state index contributed by atoms with van der Waals surface area (Å²) in [6.07, 6.45) is 0. The lowest BCUT2D eigenvalue weighted by atomic mass is 10.2. The minimum atomic E-state index is -3.83.